The van der Waals surface area contributed by atoms with E-state index in [1.165, 1.54) is 48.5 Å². The number of fused-ring (bicyclic) bond motifs is 1. The van der Waals surface area contributed by atoms with Crippen LogP contribution in [-0.4, -0.2) is 64.6 Å². The molecule has 0 spiro atoms. The van der Waals surface area contributed by atoms with Crippen LogP contribution in [0.25, 0.3) is 0 Å². The monoisotopic (exact) mass is 474 g/mol. The molecule has 34 heavy (non-hydrogen) atoms. The Balaban J connectivity index is 2.41. The predicted octanol–water partition coefficient (Wildman–Crippen LogP) is 2.99. The summed E-state index contributed by atoms with van der Waals surface area (Å²) in [7, 11) is 7.37. The molecule has 0 heterocycles. The van der Waals surface area contributed by atoms with Gasteiger partial charge in [-0.25, -0.2) is 0 Å². The Morgan fingerprint density at radius 2 is 1.41 bits per heavy atom. The van der Waals surface area contributed by atoms with Gasteiger partial charge in [0.25, 0.3) is 0 Å². The molecule has 1 N–H and O–H groups in total. The molecule has 9 heteroatoms. The molecule has 9 nitrogen and oxygen atoms in total. The van der Waals surface area contributed by atoms with Gasteiger partial charge in [-0.1, -0.05) is 0 Å². The molecule has 0 amide bonds. The summed E-state index contributed by atoms with van der Waals surface area (Å²) >= 11 is 0. The Hall–Kier alpha value is -3.46. The van der Waals surface area contributed by atoms with Gasteiger partial charge in [0.1, 0.15) is 11.5 Å². The van der Waals surface area contributed by atoms with Crippen LogP contribution in [0.1, 0.15) is 41.3 Å². The number of Topliss-reactive ketones (excluding diaryl/α,β-unsaturated/α-hetero) is 1. The maximum absolute atomic E-state index is 13.4. The zero-order valence-electron chi connectivity index (χ0n) is 20.4. The topological polar surface area (TPSA) is 110 Å². The highest BCUT2D eigenvalue weighted by Gasteiger charge is 2.55. The van der Waals surface area contributed by atoms with Crippen LogP contribution in [0, 0.1) is 5.92 Å². The fraction of sp³-hybridized carbons (Fsp3) is 0.440. The molecule has 2 aromatic rings. The summed E-state index contributed by atoms with van der Waals surface area (Å²) in [5.41, 5.74) is -0.832. The SMILES string of the molecule is CCOC(=O)C1C(c2cc(OC)c(OC)c(OC)c2)c2cc(OC)c(OC)cc2C(=O)C1(C)O. The largest absolute Gasteiger partial charge is 0.493 e. The third-order valence-electron chi connectivity index (χ3n) is 6.12. The van der Waals surface area contributed by atoms with Gasteiger partial charge in [0.2, 0.25) is 5.75 Å². The fourth-order valence-corrected chi connectivity index (χ4v) is 4.52. The van der Waals surface area contributed by atoms with Crippen LogP contribution in [0.5, 0.6) is 28.7 Å². The maximum atomic E-state index is 13.4. The molecule has 0 aliphatic heterocycles. The summed E-state index contributed by atoms with van der Waals surface area (Å²) in [6, 6.07) is 6.52. The highest BCUT2D eigenvalue weighted by Crippen LogP contribution is 2.51. The summed E-state index contributed by atoms with van der Waals surface area (Å²) in [6.07, 6.45) is 0. The van der Waals surface area contributed by atoms with Gasteiger partial charge in [0.15, 0.2) is 28.8 Å². The van der Waals surface area contributed by atoms with E-state index in [9.17, 15) is 14.7 Å². The van der Waals surface area contributed by atoms with Crippen LogP contribution in [-0.2, 0) is 9.53 Å². The number of hydrogen-bond donors (Lipinski definition) is 1. The molecular formula is C25H30O9. The molecule has 0 saturated carbocycles. The van der Waals surface area contributed by atoms with E-state index in [0.29, 0.717) is 39.9 Å². The van der Waals surface area contributed by atoms with Crippen LogP contribution in [0.2, 0.25) is 0 Å². The first-order chi connectivity index (χ1) is 16.2. The number of hydrogen-bond acceptors (Lipinski definition) is 9. The zero-order valence-corrected chi connectivity index (χ0v) is 20.4. The van der Waals surface area contributed by atoms with Gasteiger partial charge in [0.05, 0.1) is 42.2 Å². The molecule has 0 saturated heterocycles. The number of ether oxygens (including phenoxy) is 6. The van der Waals surface area contributed by atoms with E-state index in [1.807, 2.05) is 0 Å². The molecule has 0 bridgehead atoms. The Morgan fingerprint density at radius 1 is 0.882 bits per heavy atom. The van der Waals surface area contributed by atoms with E-state index >= 15 is 0 Å². The van der Waals surface area contributed by atoms with Crippen molar-refractivity contribution in [2.75, 3.05) is 42.2 Å². The predicted molar refractivity (Wildman–Crippen MR) is 123 cm³/mol. The number of rotatable bonds is 8. The second kappa shape index (κ2) is 9.80. The smallest absolute Gasteiger partial charge is 0.313 e. The third kappa shape index (κ3) is 4.00. The second-order valence-corrected chi connectivity index (χ2v) is 7.94. The molecule has 0 radical (unpaired) electrons. The number of carbonyl (C=O) groups is 2. The standard InChI is InChI=1S/C25H30O9/c1-8-34-24(27)21-20(13-9-18(31-5)22(33-7)19(10-13)32-6)14-11-16(29-3)17(30-4)12-15(14)23(26)25(21,2)28/h9-12,20-21,28H,8H2,1-7H3. The van der Waals surface area contributed by atoms with Crippen molar-refractivity contribution in [1.82, 2.24) is 0 Å². The first-order valence-electron chi connectivity index (χ1n) is 10.7. The first-order valence-corrected chi connectivity index (χ1v) is 10.7. The number of ketones is 1. The fourth-order valence-electron chi connectivity index (χ4n) is 4.52. The molecule has 3 atom stereocenters. The summed E-state index contributed by atoms with van der Waals surface area (Å²) in [5.74, 6) is -1.61. The second-order valence-electron chi connectivity index (χ2n) is 7.94. The average Bonchev–Trinajstić information content (AvgIpc) is 2.84. The van der Waals surface area contributed by atoms with Crippen molar-refractivity contribution in [2.24, 2.45) is 5.92 Å². The van der Waals surface area contributed by atoms with E-state index < -0.39 is 29.2 Å². The van der Waals surface area contributed by atoms with Crippen LogP contribution in [0.15, 0.2) is 24.3 Å². The van der Waals surface area contributed by atoms with Crippen LogP contribution < -0.4 is 23.7 Å². The Bertz CT molecular complexity index is 1070. The molecule has 2 aromatic carbocycles. The van der Waals surface area contributed by atoms with Crippen LogP contribution in [0.4, 0.5) is 0 Å². The number of methoxy groups -OCH3 is 5. The lowest BCUT2D eigenvalue weighted by Gasteiger charge is -2.41. The molecule has 1 aliphatic rings. The molecule has 3 unspecified atom stereocenters. The van der Waals surface area contributed by atoms with Gasteiger partial charge in [-0.05, 0) is 49.2 Å². The number of aliphatic hydroxyl groups is 1. The quantitative estimate of drug-likeness (QED) is 0.577. The summed E-state index contributed by atoms with van der Waals surface area (Å²) in [6.45, 7) is 3.06. The van der Waals surface area contributed by atoms with Gasteiger partial charge in [-0.3, -0.25) is 9.59 Å². The lowest BCUT2D eigenvalue weighted by molar-refractivity contribution is -0.156. The van der Waals surface area contributed by atoms with Crippen molar-refractivity contribution >= 4 is 11.8 Å². The number of benzene rings is 2. The van der Waals surface area contributed by atoms with E-state index in [1.54, 1.807) is 25.1 Å². The maximum Gasteiger partial charge on any atom is 0.313 e. The van der Waals surface area contributed by atoms with Gasteiger partial charge in [-0.15, -0.1) is 0 Å². The molecular weight excluding hydrogens is 444 g/mol. The van der Waals surface area contributed by atoms with Crippen molar-refractivity contribution in [3.05, 3.63) is 41.0 Å². The number of esters is 1. The van der Waals surface area contributed by atoms with Crippen molar-refractivity contribution < 1.29 is 43.1 Å². The minimum atomic E-state index is -2.07. The minimum absolute atomic E-state index is 0.0837. The normalized spacial score (nSPS) is 21.4. The van der Waals surface area contributed by atoms with Crippen molar-refractivity contribution in [3.63, 3.8) is 0 Å². The minimum Gasteiger partial charge on any atom is -0.493 e. The van der Waals surface area contributed by atoms with Crippen LogP contribution >= 0.6 is 0 Å². The molecule has 0 fully saturated rings. The lowest BCUT2D eigenvalue weighted by atomic mass is 9.64. The summed E-state index contributed by atoms with van der Waals surface area (Å²) in [4.78, 5) is 26.6. The summed E-state index contributed by atoms with van der Waals surface area (Å²) in [5, 5.41) is 11.4. The highest BCUT2D eigenvalue weighted by molar-refractivity contribution is 6.08. The summed E-state index contributed by atoms with van der Waals surface area (Å²) < 4.78 is 32.6. The molecule has 3 rings (SSSR count). The number of carbonyl (C=O) groups excluding carboxylic acids is 2. The van der Waals surface area contributed by atoms with Crippen molar-refractivity contribution in [3.8, 4) is 28.7 Å². The van der Waals surface area contributed by atoms with Gasteiger partial charge in [-0.2, -0.15) is 0 Å². The van der Waals surface area contributed by atoms with Gasteiger partial charge < -0.3 is 33.5 Å². The first kappa shape index (κ1) is 25.2. The Kier molecular flexibility index (Phi) is 7.26. The molecule has 184 valence electrons. The van der Waals surface area contributed by atoms with Gasteiger partial charge >= 0.3 is 5.97 Å². The van der Waals surface area contributed by atoms with Crippen molar-refractivity contribution in [2.45, 2.75) is 25.4 Å². The zero-order chi connectivity index (χ0) is 25.2. The molecule has 1 aliphatic carbocycles. The van der Waals surface area contributed by atoms with Crippen LogP contribution in [0.3, 0.4) is 0 Å². The van der Waals surface area contributed by atoms with E-state index in [4.69, 9.17) is 28.4 Å². The molecule has 0 aromatic heterocycles. The highest BCUT2D eigenvalue weighted by atomic mass is 16.5. The lowest BCUT2D eigenvalue weighted by Crippen LogP contribution is -2.53. The van der Waals surface area contributed by atoms with E-state index in [0.717, 1.165) is 0 Å². The van der Waals surface area contributed by atoms with E-state index in [-0.39, 0.29) is 12.2 Å². The van der Waals surface area contributed by atoms with Crippen molar-refractivity contribution in [1.29, 1.82) is 0 Å². The Labute approximate surface area is 198 Å². The average molecular weight is 475 g/mol. The van der Waals surface area contributed by atoms with Gasteiger partial charge in [0, 0.05) is 11.5 Å². The third-order valence-corrected chi connectivity index (χ3v) is 6.12. The Morgan fingerprint density at radius 3 is 1.88 bits per heavy atom. The van der Waals surface area contributed by atoms with E-state index in [2.05, 4.69) is 0 Å².